The van der Waals surface area contributed by atoms with Crippen LogP contribution in [0.1, 0.15) is 13.8 Å². The number of nitro benzene ring substituents is 2. The topological polar surface area (TPSA) is 125 Å². The standard InChI is InChI=1S/C9H8N2O7/c1-9(2)17-7-5(11(15)16)3-4(10(13)14)6(12)8(7)18-9/h3,12H,1-2H3. The van der Waals surface area contributed by atoms with Crippen molar-refractivity contribution in [1.29, 1.82) is 0 Å². The second-order valence-electron chi connectivity index (χ2n) is 4.04. The summed E-state index contributed by atoms with van der Waals surface area (Å²) in [5, 5.41) is 31.2. The van der Waals surface area contributed by atoms with E-state index in [0.29, 0.717) is 6.07 Å². The normalized spacial score (nSPS) is 15.4. The molecule has 9 nitrogen and oxygen atoms in total. The smallest absolute Gasteiger partial charge is 0.322 e. The Morgan fingerprint density at radius 3 is 2.11 bits per heavy atom. The van der Waals surface area contributed by atoms with Gasteiger partial charge in [0.25, 0.3) is 0 Å². The minimum Gasteiger partial charge on any atom is -0.499 e. The van der Waals surface area contributed by atoms with Gasteiger partial charge in [-0.15, -0.1) is 0 Å². The highest BCUT2D eigenvalue weighted by Crippen LogP contribution is 2.54. The van der Waals surface area contributed by atoms with E-state index in [-0.39, 0.29) is 11.5 Å². The van der Waals surface area contributed by atoms with Gasteiger partial charge in [-0.1, -0.05) is 0 Å². The molecule has 1 aromatic rings. The van der Waals surface area contributed by atoms with Gasteiger partial charge >= 0.3 is 11.4 Å². The highest BCUT2D eigenvalue weighted by Gasteiger charge is 2.43. The quantitative estimate of drug-likeness (QED) is 0.630. The lowest BCUT2D eigenvalue weighted by atomic mass is 10.2. The van der Waals surface area contributed by atoms with Crippen LogP contribution in [0.25, 0.3) is 0 Å². The molecule has 2 rings (SSSR count). The van der Waals surface area contributed by atoms with Crippen molar-refractivity contribution < 1.29 is 24.4 Å². The van der Waals surface area contributed by atoms with E-state index in [0.717, 1.165) is 0 Å². The molecule has 0 radical (unpaired) electrons. The van der Waals surface area contributed by atoms with Crippen LogP contribution in [0.2, 0.25) is 0 Å². The summed E-state index contributed by atoms with van der Waals surface area (Å²) in [7, 11) is 0. The van der Waals surface area contributed by atoms with Crippen LogP contribution >= 0.6 is 0 Å². The lowest BCUT2D eigenvalue weighted by molar-refractivity contribution is -0.395. The van der Waals surface area contributed by atoms with E-state index in [1.165, 1.54) is 13.8 Å². The van der Waals surface area contributed by atoms with Gasteiger partial charge in [0.2, 0.25) is 23.0 Å². The van der Waals surface area contributed by atoms with Crippen molar-refractivity contribution in [2.24, 2.45) is 0 Å². The van der Waals surface area contributed by atoms with Gasteiger partial charge in [-0.2, -0.15) is 0 Å². The maximum absolute atomic E-state index is 10.8. The third-order valence-electron chi connectivity index (χ3n) is 2.26. The fraction of sp³-hybridized carbons (Fsp3) is 0.333. The molecule has 0 fully saturated rings. The zero-order chi connectivity index (χ0) is 13.7. The molecule has 1 heterocycles. The first-order valence-electron chi connectivity index (χ1n) is 4.79. The molecule has 0 saturated heterocycles. The summed E-state index contributed by atoms with van der Waals surface area (Å²) in [6.07, 6.45) is 0. The number of hydrogen-bond donors (Lipinski definition) is 1. The average Bonchev–Trinajstić information content (AvgIpc) is 2.53. The van der Waals surface area contributed by atoms with Crippen LogP contribution in [0.5, 0.6) is 17.2 Å². The van der Waals surface area contributed by atoms with Gasteiger partial charge in [-0.05, 0) is 0 Å². The van der Waals surface area contributed by atoms with Crippen LogP contribution in [0, 0.1) is 20.2 Å². The van der Waals surface area contributed by atoms with Gasteiger partial charge in [-0.3, -0.25) is 20.2 Å². The third kappa shape index (κ3) is 1.65. The lowest BCUT2D eigenvalue weighted by Gasteiger charge is -2.15. The fourth-order valence-electron chi connectivity index (χ4n) is 1.58. The predicted molar refractivity (Wildman–Crippen MR) is 56.8 cm³/mol. The minimum atomic E-state index is -1.24. The zero-order valence-corrected chi connectivity index (χ0v) is 9.37. The summed E-state index contributed by atoms with van der Waals surface area (Å²) in [5.74, 6) is -2.72. The molecule has 0 aromatic heterocycles. The molecule has 96 valence electrons. The molecule has 1 aliphatic heterocycles. The lowest BCUT2D eigenvalue weighted by Crippen LogP contribution is -2.29. The van der Waals surface area contributed by atoms with Crippen LogP contribution < -0.4 is 9.47 Å². The molecule has 9 heteroatoms. The number of nitrogens with zero attached hydrogens (tertiary/aromatic N) is 2. The van der Waals surface area contributed by atoms with Crippen molar-refractivity contribution in [2.75, 3.05) is 0 Å². The Balaban J connectivity index is 2.73. The molecular weight excluding hydrogens is 248 g/mol. The Kier molecular flexibility index (Phi) is 2.28. The number of rotatable bonds is 2. The Morgan fingerprint density at radius 2 is 1.61 bits per heavy atom. The van der Waals surface area contributed by atoms with Crippen LogP contribution in [0.3, 0.4) is 0 Å². The van der Waals surface area contributed by atoms with Crippen molar-refractivity contribution >= 4 is 11.4 Å². The van der Waals surface area contributed by atoms with E-state index >= 15 is 0 Å². The number of nitro groups is 2. The number of hydrogen-bond acceptors (Lipinski definition) is 7. The number of phenolic OH excluding ortho intramolecular Hbond substituents is 1. The van der Waals surface area contributed by atoms with Crippen molar-refractivity contribution in [3.05, 3.63) is 26.3 Å². The maximum Gasteiger partial charge on any atom is 0.322 e. The average molecular weight is 256 g/mol. The van der Waals surface area contributed by atoms with Crippen molar-refractivity contribution in [3.63, 3.8) is 0 Å². The molecular formula is C9H8N2O7. The Bertz CT molecular complexity index is 567. The third-order valence-corrected chi connectivity index (χ3v) is 2.26. The summed E-state index contributed by atoms with van der Waals surface area (Å²) in [4.78, 5) is 19.7. The fourth-order valence-corrected chi connectivity index (χ4v) is 1.58. The minimum absolute atomic E-state index is 0.312. The van der Waals surface area contributed by atoms with Crippen molar-refractivity contribution in [3.8, 4) is 17.2 Å². The molecule has 0 unspecified atom stereocenters. The number of fused-ring (bicyclic) bond motifs is 1. The zero-order valence-electron chi connectivity index (χ0n) is 9.37. The van der Waals surface area contributed by atoms with E-state index in [4.69, 9.17) is 9.47 Å². The molecule has 0 atom stereocenters. The largest absolute Gasteiger partial charge is 0.499 e. The summed E-state index contributed by atoms with van der Waals surface area (Å²) >= 11 is 0. The number of aromatic hydroxyl groups is 1. The van der Waals surface area contributed by atoms with Crippen molar-refractivity contribution in [2.45, 2.75) is 19.6 Å². The SMILES string of the molecule is CC1(C)Oc2c([N+](=O)[O-])cc([N+](=O)[O-])c(O)c2O1. The first kappa shape index (κ1) is 11.9. The Morgan fingerprint density at radius 1 is 1.11 bits per heavy atom. The maximum atomic E-state index is 10.8. The molecule has 0 spiro atoms. The molecule has 0 bridgehead atoms. The van der Waals surface area contributed by atoms with Gasteiger partial charge in [0, 0.05) is 13.8 Å². The summed E-state index contributed by atoms with van der Waals surface area (Å²) in [6.45, 7) is 2.92. The van der Waals surface area contributed by atoms with Gasteiger partial charge in [-0.25, -0.2) is 0 Å². The van der Waals surface area contributed by atoms with E-state index in [1.54, 1.807) is 0 Å². The molecule has 1 aliphatic rings. The number of ether oxygens (including phenoxy) is 2. The van der Waals surface area contributed by atoms with Gasteiger partial charge < -0.3 is 14.6 Å². The van der Waals surface area contributed by atoms with E-state index in [2.05, 4.69) is 0 Å². The van der Waals surface area contributed by atoms with E-state index < -0.39 is 32.8 Å². The van der Waals surface area contributed by atoms with Crippen LogP contribution in [-0.2, 0) is 0 Å². The molecule has 0 amide bonds. The second kappa shape index (κ2) is 3.45. The summed E-state index contributed by atoms with van der Waals surface area (Å²) in [5.41, 5.74) is -1.43. The van der Waals surface area contributed by atoms with Crippen LogP contribution in [0.15, 0.2) is 6.07 Å². The first-order chi connectivity index (χ1) is 8.23. The molecule has 0 aliphatic carbocycles. The highest BCUT2D eigenvalue weighted by molar-refractivity contribution is 5.71. The van der Waals surface area contributed by atoms with Crippen molar-refractivity contribution in [1.82, 2.24) is 0 Å². The van der Waals surface area contributed by atoms with Gasteiger partial charge in [0.1, 0.15) is 6.07 Å². The number of benzene rings is 1. The summed E-state index contributed by atoms with van der Waals surface area (Å²) in [6, 6.07) is 0.638. The molecule has 0 saturated carbocycles. The Labute approximate surface area is 99.8 Å². The van der Waals surface area contributed by atoms with E-state index in [9.17, 15) is 25.3 Å². The second-order valence-corrected chi connectivity index (χ2v) is 4.04. The molecule has 1 aromatic carbocycles. The highest BCUT2D eigenvalue weighted by atomic mass is 16.7. The first-order valence-corrected chi connectivity index (χ1v) is 4.79. The van der Waals surface area contributed by atoms with Gasteiger partial charge in [0.15, 0.2) is 0 Å². The predicted octanol–water partition coefficient (Wildman–Crippen LogP) is 1.72. The van der Waals surface area contributed by atoms with E-state index in [1.807, 2.05) is 0 Å². The molecule has 18 heavy (non-hydrogen) atoms. The Hall–Kier alpha value is -2.58. The van der Waals surface area contributed by atoms with Crippen LogP contribution in [0.4, 0.5) is 11.4 Å². The summed E-state index contributed by atoms with van der Waals surface area (Å²) < 4.78 is 10.3. The van der Waals surface area contributed by atoms with Gasteiger partial charge in [0.05, 0.1) is 9.85 Å². The number of phenols is 1. The van der Waals surface area contributed by atoms with Crippen LogP contribution in [-0.4, -0.2) is 20.7 Å². The monoisotopic (exact) mass is 256 g/mol. The molecule has 1 N–H and O–H groups in total.